The summed E-state index contributed by atoms with van der Waals surface area (Å²) in [5.74, 6) is -0.840. The van der Waals surface area contributed by atoms with E-state index < -0.39 is 32.5 Å². The minimum Gasteiger partial charge on any atom is -0.756 e. The van der Waals surface area contributed by atoms with Crippen LogP contribution in [0.3, 0.4) is 0 Å². The predicted molar refractivity (Wildman–Crippen MR) is 309 cm³/mol. The number of ether oxygens (including phenoxy) is 2. The Morgan fingerprint density at radius 3 is 1.18 bits per heavy atom. The van der Waals surface area contributed by atoms with E-state index in [1.807, 2.05) is 21.1 Å². The Labute approximate surface area is 450 Å². The van der Waals surface area contributed by atoms with Gasteiger partial charge in [-0.1, -0.05) is 234 Å². The highest BCUT2D eigenvalue weighted by Gasteiger charge is 2.22. The Balaban J connectivity index is 3.97. The zero-order valence-corrected chi connectivity index (χ0v) is 48.7. The van der Waals surface area contributed by atoms with Crippen LogP contribution in [-0.4, -0.2) is 70.0 Å². The van der Waals surface area contributed by atoms with E-state index in [-0.39, 0.29) is 26.1 Å². The molecule has 0 aromatic carbocycles. The second-order valence-electron chi connectivity index (χ2n) is 21.0. The summed E-state index contributed by atoms with van der Waals surface area (Å²) in [5, 5.41) is 0. The highest BCUT2D eigenvalue weighted by molar-refractivity contribution is 7.45. The van der Waals surface area contributed by atoms with E-state index in [4.69, 9.17) is 18.5 Å². The Kier molecular flexibility index (Phi) is 51.9. The molecule has 0 heterocycles. The SMILES string of the molecule is CC/C=C\C/C=C\C/C=C\C/C=C\C/C=C\C/C=C\CCCCCCCCCCCCCCCCCCCCC(=O)OC(COC(=O)CCCCCCC/C=C\CCCCC)COP(=O)([O-])OCC[N+](C)(C)C. The number of unbranched alkanes of at least 4 members (excludes halogenated alkanes) is 26. The van der Waals surface area contributed by atoms with Crippen molar-refractivity contribution in [2.75, 3.05) is 47.5 Å². The normalized spacial score (nSPS) is 13.9. The molecule has 10 heteroatoms. The molecule has 0 spiro atoms. The first-order chi connectivity index (χ1) is 35.5. The van der Waals surface area contributed by atoms with Crippen molar-refractivity contribution >= 4 is 19.8 Å². The molecule has 422 valence electrons. The lowest BCUT2D eigenvalue weighted by molar-refractivity contribution is -0.870. The number of rotatable bonds is 54. The van der Waals surface area contributed by atoms with Crippen LogP contribution in [0.1, 0.15) is 251 Å². The van der Waals surface area contributed by atoms with Crippen molar-refractivity contribution in [2.24, 2.45) is 0 Å². The largest absolute Gasteiger partial charge is 0.756 e. The van der Waals surface area contributed by atoms with Gasteiger partial charge in [-0.3, -0.25) is 14.2 Å². The number of carbonyl (C=O) groups excluding carboxylic acids is 2. The molecular formula is C63H112NO8P. The molecule has 2 unspecified atom stereocenters. The molecule has 0 radical (unpaired) electrons. The minimum absolute atomic E-state index is 0.0332. The van der Waals surface area contributed by atoms with Crippen LogP contribution in [0.4, 0.5) is 0 Å². The molecule has 0 amide bonds. The van der Waals surface area contributed by atoms with Crippen molar-refractivity contribution in [1.82, 2.24) is 0 Å². The van der Waals surface area contributed by atoms with Crippen LogP contribution >= 0.6 is 7.82 Å². The molecule has 0 saturated carbocycles. The molecule has 0 N–H and O–H groups in total. The van der Waals surface area contributed by atoms with E-state index in [9.17, 15) is 19.0 Å². The number of carbonyl (C=O) groups is 2. The van der Waals surface area contributed by atoms with E-state index in [0.29, 0.717) is 17.4 Å². The van der Waals surface area contributed by atoms with E-state index in [1.54, 1.807) is 0 Å². The van der Waals surface area contributed by atoms with Gasteiger partial charge in [-0.15, -0.1) is 0 Å². The number of esters is 2. The van der Waals surface area contributed by atoms with Crippen molar-refractivity contribution in [1.29, 1.82) is 0 Å². The highest BCUT2D eigenvalue weighted by atomic mass is 31.2. The van der Waals surface area contributed by atoms with E-state index in [0.717, 1.165) is 96.3 Å². The summed E-state index contributed by atoms with van der Waals surface area (Å²) in [4.78, 5) is 37.7. The fourth-order valence-corrected chi connectivity index (χ4v) is 8.80. The Hall–Kier alpha value is -2.81. The molecule has 73 heavy (non-hydrogen) atoms. The average molecular weight is 1040 g/mol. The Morgan fingerprint density at radius 2 is 0.781 bits per heavy atom. The lowest BCUT2D eigenvalue weighted by atomic mass is 10.0. The first kappa shape index (κ1) is 70.2. The topological polar surface area (TPSA) is 111 Å². The quantitative estimate of drug-likeness (QED) is 0.0195. The lowest BCUT2D eigenvalue weighted by Gasteiger charge is -2.28. The average Bonchev–Trinajstić information content (AvgIpc) is 3.35. The molecular weight excluding hydrogens is 930 g/mol. The van der Waals surface area contributed by atoms with Gasteiger partial charge in [-0.25, -0.2) is 0 Å². The first-order valence-corrected chi connectivity index (χ1v) is 31.3. The number of phosphoric ester groups is 1. The molecule has 0 rings (SSSR count). The molecule has 2 atom stereocenters. The van der Waals surface area contributed by atoms with Crippen LogP contribution < -0.4 is 4.89 Å². The molecule has 0 aromatic heterocycles. The summed E-state index contributed by atoms with van der Waals surface area (Å²) in [6, 6.07) is 0. The molecule has 0 aliphatic heterocycles. The highest BCUT2D eigenvalue weighted by Crippen LogP contribution is 2.38. The summed E-state index contributed by atoms with van der Waals surface area (Å²) in [5.41, 5.74) is 0. The Bertz CT molecular complexity index is 1510. The summed E-state index contributed by atoms with van der Waals surface area (Å²) in [6.45, 7) is 4.09. The number of likely N-dealkylation sites (N-methyl/N-ethyl adjacent to an activating group) is 1. The van der Waals surface area contributed by atoms with Gasteiger partial charge in [0.2, 0.25) is 0 Å². The zero-order chi connectivity index (χ0) is 53.5. The molecule has 0 fully saturated rings. The second-order valence-corrected chi connectivity index (χ2v) is 22.4. The summed E-state index contributed by atoms with van der Waals surface area (Å²) in [6.07, 6.45) is 72.2. The Morgan fingerprint density at radius 1 is 0.438 bits per heavy atom. The maximum atomic E-state index is 12.8. The van der Waals surface area contributed by atoms with Gasteiger partial charge in [-0.05, 0) is 89.9 Å². The van der Waals surface area contributed by atoms with Crippen molar-refractivity contribution in [2.45, 2.75) is 258 Å². The summed E-state index contributed by atoms with van der Waals surface area (Å²) < 4.78 is 34.1. The third kappa shape index (κ3) is 58.3. The molecule has 0 aliphatic rings. The molecule has 0 aromatic rings. The summed E-state index contributed by atoms with van der Waals surface area (Å²) >= 11 is 0. The van der Waals surface area contributed by atoms with Crippen LogP contribution in [0.25, 0.3) is 0 Å². The van der Waals surface area contributed by atoms with E-state index in [1.165, 1.54) is 122 Å². The van der Waals surface area contributed by atoms with Crippen LogP contribution in [0.15, 0.2) is 85.1 Å². The lowest BCUT2D eigenvalue weighted by Crippen LogP contribution is -2.37. The van der Waals surface area contributed by atoms with Crippen molar-refractivity contribution < 1.29 is 42.1 Å². The van der Waals surface area contributed by atoms with Gasteiger partial charge < -0.3 is 27.9 Å². The maximum absolute atomic E-state index is 12.8. The second kappa shape index (κ2) is 54.0. The van der Waals surface area contributed by atoms with Gasteiger partial charge in [-0.2, -0.15) is 0 Å². The van der Waals surface area contributed by atoms with Crippen LogP contribution in [0.5, 0.6) is 0 Å². The number of hydrogen-bond acceptors (Lipinski definition) is 8. The number of nitrogens with zero attached hydrogens (tertiary/aromatic N) is 1. The van der Waals surface area contributed by atoms with Gasteiger partial charge in [0.15, 0.2) is 6.10 Å². The van der Waals surface area contributed by atoms with Crippen LogP contribution in [-0.2, 0) is 32.7 Å². The zero-order valence-electron chi connectivity index (χ0n) is 47.8. The van der Waals surface area contributed by atoms with Crippen molar-refractivity contribution in [3.05, 3.63) is 85.1 Å². The monoisotopic (exact) mass is 1040 g/mol. The molecule has 9 nitrogen and oxygen atoms in total. The van der Waals surface area contributed by atoms with Gasteiger partial charge >= 0.3 is 11.9 Å². The third-order valence-electron chi connectivity index (χ3n) is 12.6. The fourth-order valence-electron chi connectivity index (χ4n) is 8.07. The van der Waals surface area contributed by atoms with Gasteiger partial charge in [0.05, 0.1) is 27.7 Å². The minimum atomic E-state index is -4.63. The van der Waals surface area contributed by atoms with Gasteiger partial charge in [0, 0.05) is 12.8 Å². The van der Waals surface area contributed by atoms with Crippen LogP contribution in [0, 0.1) is 0 Å². The van der Waals surface area contributed by atoms with E-state index >= 15 is 0 Å². The standard InChI is InChI=1S/C63H112NO8P/c1-6-8-10-12-14-16-18-20-21-22-23-24-25-26-27-28-29-30-31-32-33-34-35-36-37-38-39-40-41-42-43-44-46-48-50-52-54-56-63(66)72-61(60-71-73(67,68)70-58-57-64(3,4)5)59-69-62(65)55-53-51-49-47-45-19-17-15-13-11-9-7-2/h8,10,14-17,20-21,23-24,26-27,29-30,61H,6-7,9,11-13,18-19,22,25,28,31-60H2,1-5H3/b10-8-,16-14-,17-15-,21-20-,24-23-,27-26-,30-29-. The maximum Gasteiger partial charge on any atom is 0.306 e. The fraction of sp³-hybridized carbons (Fsp3) is 0.746. The smallest absolute Gasteiger partial charge is 0.306 e. The number of phosphoric acid groups is 1. The van der Waals surface area contributed by atoms with Crippen molar-refractivity contribution in [3.63, 3.8) is 0 Å². The molecule has 0 bridgehead atoms. The number of hydrogen-bond donors (Lipinski definition) is 0. The molecule has 0 aliphatic carbocycles. The third-order valence-corrected chi connectivity index (χ3v) is 13.6. The number of allylic oxidation sites excluding steroid dienone is 14. The molecule has 0 saturated heterocycles. The van der Waals surface area contributed by atoms with Gasteiger partial charge in [0.1, 0.15) is 19.8 Å². The van der Waals surface area contributed by atoms with Gasteiger partial charge in [0.25, 0.3) is 7.82 Å². The number of quaternary nitrogens is 1. The first-order valence-electron chi connectivity index (χ1n) is 29.8. The predicted octanol–water partition coefficient (Wildman–Crippen LogP) is 18.0. The van der Waals surface area contributed by atoms with Crippen LogP contribution in [0.2, 0.25) is 0 Å². The van der Waals surface area contributed by atoms with E-state index in [2.05, 4.69) is 98.9 Å². The van der Waals surface area contributed by atoms with Crippen molar-refractivity contribution in [3.8, 4) is 0 Å². The summed E-state index contributed by atoms with van der Waals surface area (Å²) in [7, 11) is 1.16.